The second kappa shape index (κ2) is 10.5. The minimum atomic E-state index is -2.81. The van der Waals surface area contributed by atoms with Crippen LogP contribution in [0.15, 0.2) is 48.0 Å². The third-order valence-corrected chi connectivity index (χ3v) is 11.2. The third-order valence-electron chi connectivity index (χ3n) is 9.82. The normalized spacial score (nSPS) is 29.6. The molecule has 7 rings (SSSR count). The van der Waals surface area contributed by atoms with Gasteiger partial charge in [0.2, 0.25) is 17.6 Å². The lowest BCUT2D eigenvalue weighted by molar-refractivity contribution is -0.138. The van der Waals surface area contributed by atoms with E-state index in [9.17, 15) is 42.3 Å². The average Bonchev–Trinajstić information content (AvgIpc) is 3.41. The van der Waals surface area contributed by atoms with Crippen LogP contribution in [0.5, 0.6) is 5.75 Å². The Balaban J connectivity index is 1.49. The number of halogens is 7. The van der Waals surface area contributed by atoms with Crippen molar-refractivity contribution in [3.63, 3.8) is 0 Å². The number of carbonyl (C=O) groups excluding carboxylic acids is 5. The Morgan fingerprint density at radius 3 is 2.15 bits per heavy atom. The topological polar surface area (TPSA) is 121 Å². The molecule has 0 bridgehead atoms. The number of allylic oxidation sites excluding steroid dienone is 2. The van der Waals surface area contributed by atoms with Crippen LogP contribution in [-0.4, -0.2) is 56.6 Å². The molecule has 3 aromatic carbocycles. The molecule has 1 N–H and O–H groups in total. The number of fused-ring (bicyclic) bond motifs is 5. The first-order chi connectivity index (χ1) is 22.6. The number of methoxy groups -OCH3 is 1. The summed E-state index contributed by atoms with van der Waals surface area (Å²) in [6, 6.07) is 9.30. The summed E-state index contributed by atoms with van der Waals surface area (Å²) in [5.74, 6) is -23.7. The van der Waals surface area contributed by atoms with E-state index in [0.29, 0.717) is 10.3 Å². The number of ether oxygens (including phenoxy) is 1. The number of amides is 5. The van der Waals surface area contributed by atoms with Crippen LogP contribution >= 0.6 is 23.2 Å². The summed E-state index contributed by atoms with van der Waals surface area (Å²) >= 11 is 14.1. The lowest BCUT2D eigenvalue weighted by atomic mass is 9.56. The third kappa shape index (κ3) is 3.75. The van der Waals surface area contributed by atoms with E-state index in [2.05, 4.69) is 4.74 Å². The summed E-state index contributed by atoms with van der Waals surface area (Å²) in [5, 5.41) is 12.3. The van der Waals surface area contributed by atoms with E-state index < -0.39 is 110 Å². The van der Waals surface area contributed by atoms with Gasteiger partial charge >= 0.3 is 6.09 Å². The van der Waals surface area contributed by atoms with E-state index in [1.165, 1.54) is 24.3 Å². The van der Waals surface area contributed by atoms with Crippen LogP contribution in [0.1, 0.15) is 24.3 Å². The molecule has 0 spiro atoms. The summed E-state index contributed by atoms with van der Waals surface area (Å²) < 4.78 is 77.7. The van der Waals surface area contributed by atoms with Gasteiger partial charge in [-0.1, -0.05) is 48.0 Å². The molecule has 9 nitrogen and oxygen atoms in total. The van der Waals surface area contributed by atoms with Gasteiger partial charge in [-0.15, -0.1) is 23.2 Å². The van der Waals surface area contributed by atoms with Crippen molar-refractivity contribution in [3.05, 3.63) is 82.7 Å². The monoisotopic (exact) mass is 708 g/mol. The minimum Gasteiger partial charge on any atom is -0.507 e. The SMILES string of the molecule is COC(=O)N1C(=O)[C@H]2[C@H](CC=C3[C@H]2C[C@@]2(Cl)C(=O)N(c4c(F)c(F)c(F)c(F)c4F)C(=O)[C@@]2(Cl)[C@H]3c2ccc3ccccc3c2O)C1=O. The number of alkyl halides is 2. The van der Waals surface area contributed by atoms with Crippen LogP contribution in [0, 0.1) is 46.8 Å². The van der Waals surface area contributed by atoms with Gasteiger partial charge in [0.25, 0.3) is 11.8 Å². The fraction of sp³-hybridized carbons (Fsp3) is 0.281. The number of rotatable bonds is 2. The van der Waals surface area contributed by atoms with E-state index in [-0.39, 0.29) is 27.8 Å². The van der Waals surface area contributed by atoms with E-state index >= 15 is 8.78 Å². The van der Waals surface area contributed by atoms with Crippen molar-refractivity contribution in [1.29, 1.82) is 0 Å². The molecule has 16 heteroatoms. The number of hydrogen-bond acceptors (Lipinski definition) is 7. The number of nitrogens with zero attached hydrogens (tertiary/aromatic N) is 2. The van der Waals surface area contributed by atoms with Crippen LogP contribution in [0.4, 0.5) is 32.4 Å². The highest BCUT2D eigenvalue weighted by molar-refractivity contribution is 6.58. The lowest BCUT2D eigenvalue weighted by Gasteiger charge is -2.50. The fourth-order valence-electron chi connectivity index (χ4n) is 7.69. The maximum Gasteiger partial charge on any atom is 0.423 e. The quantitative estimate of drug-likeness (QED) is 0.0923. The number of imide groups is 4. The van der Waals surface area contributed by atoms with Gasteiger partial charge in [-0.25, -0.2) is 31.6 Å². The average molecular weight is 709 g/mol. The van der Waals surface area contributed by atoms with Gasteiger partial charge in [0.05, 0.1) is 18.9 Å². The molecule has 2 aliphatic carbocycles. The lowest BCUT2D eigenvalue weighted by Crippen LogP contribution is -2.60. The summed E-state index contributed by atoms with van der Waals surface area (Å²) in [7, 11) is 0.945. The number of anilines is 1. The Morgan fingerprint density at radius 2 is 1.50 bits per heavy atom. The molecule has 1 saturated carbocycles. The number of benzene rings is 3. The Bertz CT molecular complexity index is 2070. The first-order valence-corrected chi connectivity index (χ1v) is 15.0. The molecule has 248 valence electrons. The van der Waals surface area contributed by atoms with Crippen molar-refractivity contribution >= 4 is 69.4 Å². The summed E-state index contributed by atoms with van der Waals surface area (Å²) in [5.41, 5.74) is -1.94. The molecule has 0 unspecified atom stereocenters. The number of likely N-dealkylation sites (tertiary alicyclic amines) is 1. The van der Waals surface area contributed by atoms with E-state index in [4.69, 9.17) is 23.2 Å². The molecule has 3 aromatic rings. The van der Waals surface area contributed by atoms with Gasteiger partial charge in [-0.3, -0.25) is 19.2 Å². The second-order valence-electron chi connectivity index (χ2n) is 11.9. The standard InChI is InChI=1S/C32H19Cl2F5N2O7/c1-48-30(47)41-26(43)14-9-8-13-16(17(14)27(41)44)10-31(33)28(45)40(24-22(38)20(36)19(35)21(37)23(24)39)29(46)32(31,34)18(13)15-7-6-11-4-2-3-5-12(11)25(15)42/h2-8,14,16-18,42H,9-10H2,1H3/t14-,16+,17-,18+,31+,32-/m0/s1. The van der Waals surface area contributed by atoms with Crippen LogP contribution < -0.4 is 4.90 Å². The van der Waals surface area contributed by atoms with Crippen LogP contribution in [0.3, 0.4) is 0 Å². The van der Waals surface area contributed by atoms with Crippen molar-refractivity contribution < 1.29 is 55.8 Å². The van der Waals surface area contributed by atoms with Crippen molar-refractivity contribution in [3.8, 4) is 5.75 Å². The van der Waals surface area contributed by atoms with Crippen LogP contribution in [0.2, 0.25) is 0 Å². The number of phenolic OH excluding ortho intramolecular Hbond substituents is 1. The Hall–Kier alpha value is -4.56. The number of phenols is 1. The zero-order chi connectivity index (χ0) is 34.8. The Morgan fingerprint density at radius 1 is 0.875 bits per heavy atom. The van der Waals surface area contributed by atoms with Gasteiger partial charge in [0.1, 0.15) is 11.4 Å². The van der Waals surface area contributed by atoms with Gasteiger partial charge in [-0.05, 0) is 24.1 Å². The van der Waals surface area contributed by atoms with Gasteiger partial charge in [0.15, 0.2) is 33.0 Å². The van der Waals surface area contributed by atoms with Gasteiger partial charge < -0.3 is 9.84 Å². The minimum absolute atomic E-state index is 0.112. The zero-order valence-electron chi connectivity index (χ0n) is 24.2. The van der Waals surface area contributed by atoms with Gasteiger partial charge in [-0.2, -0.15) is 4.90 Å². The highest BCUT2D eigenvalue weighted by atomic mass is 35.5. The van der Waals surface area contributed by atoms with E-state index in [1.54, 1.807) is 18.2 Å². The van der Waals surface area contributed by atoms with Crippen molar-refractivity contribution in [2.45, 2.75) is 28.5 Å². The molecule has 0 radical (unpaired) electrons. The smallest absolute Gasteiger partial charge is 0.423 e. The molecule has 48 heavy (non-hydrogen) atoms. The molecular weight excluding hydrogens is 690 g/mol. The van der Waals surface area contributed by atoms with Crippen molar-refractivity contribution in [2.24, 2.45) is 17.8 Å². The molecule has 3 fully saturated rings. The maximum absolute atomic E-state index is 15.2. The molecule has 4 aliphatic rings. The summed E-state index contributed by atoms with van der Waals surface area (Å²) in [6.45, 7) is 0. The zero-order valence-corrected chi connectivity index (χ0v) is 25.7. The maximum atomic E-state index is 15.2. The Labute approximate surface area is 276 Å². The molecule has 2 aliphatic heterocycles. The predicted molar refractivity (Wildman–Crippen MR) is 156 cm³/mol. The van der Waals surface area contributed by atoms with E-state index in [0.717, 1.165) is 7.11 Å². The molecule has 2 saturated heterocycles. The number of hydrogen-bond donors (Lipinski definition) is 1. The number of carbonyl (C=O) groups is 5. The molecular formula is C32H19Cl2F5N2O7. The molecule has 6 atom stereocenters. The van der Waals surface area contributed by atoms with Crippen molar-refractivity contribution in [2.75, 3.05) is 12.0 Å². The molecule has 0 aromatic heterocycles. The fourth-order valence-corrected chi connectivity index (χ4v) is 8.62. The predicted octanol–water partition coefficient (Wildman–Crippen LogP) is 5.57. The summed E-state index contributed by atoms with van der Waals surface area (Å²) in [6.07, 6.45) is -0.792. The summed E-state index contributed by atoms with van der Waals surface area (Å²) in [4.78, 5) is 62.3. The number of aromatic hydroxyl groups is 1. The molecule has 5 amide bonds. The first-order valence-electron chi connectivity index (χ1n) is 14.3. The van der Waals surface area contributed by atoms with Crippen LogP contribution in [0.25, 0.3) is 10.8 Å². The van der Waals surface area contributed by atoms with E-state index in [1.807, 2.05) is 0 Å². The highest BCUT2D eigenvalue weighted by Crippen LogP contribution is 2.67. The van der Waals surface area contributed by atoms with Crippen LogP contribution in [-0.2, 0) is 23.9 Å². The first kappa shape index (κ1) is 32.0. The van der Waals surface area contributed by atoms with Crippen molar-refractivity contribution in [1.82, 2.24) is 4.90 Å². The Kier molecular flexibility index (Phi) is 6.98. The largest absolute Gasteiger partial charge is 0.507 e. The van der Waals surface area contributed by atoms with Gasteiger partial charge in [0, 0.05) is 16.9 Å². The second-order valence-corrected chi connectivity index (χ2v) is 13.1. The molecule has 2 heterocycles. The highest BCUT2D eigenvalue weighted by Gasteiger charge is 2.77.